The van der Waals surface area contributed by atoms with Crippen LogP contribution in [-0.4, -0.2) is 9.97 Å². The Morgan fingerprint density at radius 1 is 1.44 bits per heavy atom. The average molecular weight is 260 g/mol. The van der Waals surface area contributed by atoms with Gasteiger partial charge in [0.2, 0.25) is 5.95 Å². The second-order valence-corrected chi connectivity index (χ2v) is 4.10. The fourth-order valence-electron chi connectivity index (χ4n) is 1.40. The lowest BCUT2D eigenvalue weighted by Crippen LogP contribution is -2.02. The molecule has 90 valence electrons. The average Bonchev–Trinajstić information content (AvgIpc) is 2.36. The van der Waals surface area contributed by atoms with E-state index in [4.69, 9.17) is 22.6 Å². The van der Waals surface area contributed by atoms with Gasteiger partial charge in [0.1, 0.15) is 5.82 Å². The van der Waals surface area contributed by atoms with E-state index < -0.39 is 0 Å². The molecule has 1 aromatic heterocycles. The first kappa shape index (κ1) is 12.1. The molecule has 5 nitrogen and oxygen atoms in total. The zero-order valence-corrected chi connectivity index (χ0v) is 10.4. The third kappa shape index (κ3) is 2.50. The second kappa shape index (κ2) is 4.90. The third-order valence-corrected chi connectivity index (χ3v) is 2.65. The van der Waals surface area contributed by atoms with Crippen LogP contribution in [0.4, 0.5) is 17.5 Å². The summed E-state index contributed by atoms with van der Waals surface area (Å²) in [6, 6.07) is 7.00. The van der Waals surface area contributed by atoms with E-state index in [1.165, 1.54) is 0 Å². The molecule has 0 spiro atoms. The number of aryl methyl sites for hydroxylation is 1. The molecule has 0 saturated heterocycles. The fourth-order valence-corrected chi connectivity index (χ4v) is 1.62. The predicted molar refractivity (Wildman–Crippen MR) is 70.6 cm³/mol. The van der Waals surface area contributed by atoms with Crippen LogP contribution in [0, 0.1) is 18.3 Å². The molecule has 0 unspecified atom stereocenters. The second-order valence-electron chi connectivity index (χ2n) is 3.69. The Morgan fingerprint density at radius 3 is 2.89 bits per heavy atom. The summed E-state index contributed by atoms with van der Waals surface area (Å²) in [5.41, 5.74) is 7.55. The number of halogens is 1. The highest BCUT2D eigenvalue weighted by Crippen LogP contribution is 2.26. The maximum atomic E-state index is 8.76. The van der Waals surface area contributed by atoms with E-state index in [0.29, 0.717) is 22.1 Å². The topological polar surface area (TPSA) is 87.6 Å². The van der Waals surface area contributed by atoms with E-state index in [-0.39, 0.29) is 5.95 Å². The molecule has 0 aliphatic rings. The van der Waals surface area contributed by atoms with Crippen molar-refractivity contribution in [1.29, 1.82) is 5.26 Å². The van der Waals surface area contributed by atoms with Crippen molar-refractivity contribution in [1.82, 2.24) is 9.97 Å². The molecule has 18 heavy (non-hydrogen) atoms. The summed E-state index contributed by atoms with van der Waals surface area (Å²) in [6.07, 6.45) is 1.63. The first-order chi connectivity index (χ1) is 8.60. The summed E-state index contributed by atoms with van der Waals surface area (Å²) in [5, 5.41) is 12.3. The summed E-state index contributed by atoms with van der Waals surface area (Å²) in [6.45, 7) is 1.86. The number of anilines is 3. The highest BCUT2D eigenvalue weighted by atomic mass is 35.5. The minimum atomic E-state index is 0.188. The summed E-state index contributed by atoms with van der Waals surface area (Å²) in [7, 11) is 0. The molecule has 3 N–H and O–H groups in total. The molecule has 0 fully saturated rings. The number of aromatic nitrogens is 2. The summed E-state index contributed by atoms with van der Waals surface area (Å²) in [5.74, 6) is 0.780. The molecule has 0 saturated carbocycles. The Kier molecular flexibility index (Phi) is 3.31. The van der Waals surface area contributed by atoms with Gasteiger partial charge in [-0.15, -0.1) is 0 Å². The molecule has 0 bridgehead atoms. The van der Waals surface area contributed by atoms with Gasteiger partial charge in [0.05, 0.1) is 22.3 Å². The first-order valence-corrected chi connectivity index (χ1v) is 5.53. The monoisotopic (exact) mass is 259 g/mol. The molecule has 1 aromatic carbocycles. The summed E-state index contributed by atoms with van der Waals surface area (Å²) in [4.78, 5) is 7.97. The van der Waals surface area contributed by atoms with Crippen molar-refractivity contribution in [3.63, 3.8) is 0 Å². The van der Waals surface area contributed by atoms with E-state index >= 15 is 0 Å². The molecule has 6 heteroatoms. The maximum absolute atomic E-state index is 8.76. The van der Waals surface area contributed by atoms with Gasteiger partial charge in [0.15, 0.2) is 0 Å². The Hall–Kier alpha value is -2.32. The van der Waals surface area contributed by atoms with Gasteiger partial charge in [0.25, 0.3) is 0 Å². The van der Waals surface area contributed by atoms with E-state index in [1.807, 2.05) is 13.0 Å². The molecular weight excluding hydrogens is 250 g/mol. The lowest BCUT2D eigenvalue weighted by atomic mass is 10.2. The SMILES string of the molecule is Cc1cnc(N)nc1Nc1ccc(C#N)cc1Cl. The van der Waals surface area contributed by atoms with Crippen molar-refractivity contribution in [2.45, 2.75) is 6.92 Å². The summed E-state index contributed by atoms with van der Waals surface area (Å²) < 4.78 is 0. The van der Waals surface area contributed by atoms with E-state index in [2.05, 4.69) is 15.3 Å². The Balaban J connectivity index is 2.34. The molecule has 1 heterocycles. The number of hydrogen-bond donors (Lipinski definition) is 2. The number of nitrogens with zero attached hydrogens (tertiary/aromatic N) is 3. The summed E-state index contributed by atoms with van der Waals surface area (Å²) >= 11 is 6.06. The molecule has 2 aromatic rings. The van der Waals surface area contributed by atoms with Crippen LogP contribution < -0.4 is 11.1 Å². The van der Waals surface area contributed by atoms with Crippen molar-refractivity contribution >= 4 is 29.1 Å². The van der Waals surface area contributed by atoms with Crippen LogP contribution in [0.2, 0.25) is 5.02 Å². The number of hydrogen-bond acceptors (Lipinski definition) is 5. The normalized spacial score (nSPS) is 9.83. The lowest BCUT2D eigenvalue weighted by molar-refractivity contribution is 1.15. The molecule has 0 aliphatic heterocycles. The van der Waals surface area contributed by atoms with Gasteiger partial charge in [-0.1, -0.05) is 11.6 Å². The molecule has 0 amide bonds. The lowest BCUT2D eigenvalue weighted by Gasteiger charge is -2.10. The van der Waals surface area contributed by atoms with Crippen LogP contribution in [0.3, 0.4) is 0 Å². The number of benzene rings is 1. The largest absolute Gasteiger partial charge is 0.368 e. The minimum absolute atomic E-state index is 0.188. The standard InChI is InChI=1S/C12H10ClN5/c1-7-6-16-12(15)18-11(7)17-10-3-2-8(5-14)4-9(10)13/h2-4,6H,1H3,(H3,15,16,17,18). The van der Waals surface area contributed by atoms with E-state index in [0.717, 1.165) is 5.56 Å². The molecular formula is C12H10ClN5. The van der Waals surface area contributed by atoms with Crippen molar-refractivity contribution in [3.05, 3.63) is 40.5 Å². The number of nitriles is 1. The van der Waals surface area contributed by atoms with Crippen LogP contribution in [0.1, 0.15) is 11.1 Å². The van der Waals surface area contributed by atoms with Gasteiger partial charge in [0, 0.05) is 11.8 Å². The molecule has 0 atom stereocenters. The zero-order chi connectivity index (χ0) is 13.1. The van der Waals surface area contributed by atoms with Crippen LogP contribution in [-0.2, 0) is 0 Å². The molecule has 0 radical (unpaired) electrons. The van der Waals surface area contributed by atoms with Gasteiger partial charge in [-0.3, -0.25) is 0 Å². The van der Waals surface area contributed by atoms with Crippen LogP contribution in [0.25, 0.3) is 0 Å². The van der Waals surface area contributed by atoms with Crippen molar-refractivity contribution in [3.8, 4) is 6.07 Å². The van der Waals surface area contributed by atoms with Crippen molar-refractivity contribution < 1.29 is 0 Å². The maximum Gasteiger partial charge on any atom is 0.221 e. The van der Waals surface area contributed by atoms with E-state index in [1.54, 1.807) is 24.4 Å². The highest BCUT2D eigenvalue weighted by molar-refractivity contribution is 6.33. The van der Waals surface area contributed by atoms with Crippen LogP contribution >= 0.6 is 11.6 Å². The van der Waals surface area contributed by atoms with E-state index in [9.17, 15) is 0 Å². The number of nitrogens with one attached hydrogen (secondary N) is 1. The number of nitrogen functional groups attached to an aromatic ring is 1. The van der Waals surface area contributed by atoms with Crippen LogP contribution in [0.15, 0.2) is 24.4 Å². The van der Waals surface area contributed by atoms with Gasteiger partial charge < -0.3 is 11.1 Å². The fraction of sp³-hybridized carbons (Fsp3) is 0.0833. The van der Waals surface area contributed by atoms with Crippen LogP contribution in [0.5, 0.6) is 0 Å². The highest BCUT2D eigenvalue weighted by Gasteiger charge is 2.06. The smallest absolute Gasteiger partial charge is 0.221 e. The van der Waals surface area contributed by atoms with Gasteiger partial charge in [-0.25, -0.2) is 4.98 Å². The van der Waals surface area contributed by atoms with Gasteiger partial charge in [-0.05, 0) is 25.1 Å². The molecule has 0 aliphatic carbocycles. The first-order valence-electron chi connectivity index (χ1n) is 5.16. The Morgan fingerprint density at radius 2 is 2.22 bits per heavy atom. The van der Waals surface area contributed by atoms with Gasteiger partial charge >= 0.3 is 0 Å². The number of nitrogens with two attached hydrogens (primary N) is 1. The van der Waals surface area contributed by atoms with Gasteiger partial charge in [-0.2, -0.15) is 10.2 Å². The molecule has 2 rings (SSSR count). The predicted octanol–water partition coefficient (Wildman–Crippen LogP) is 2.64. The Bertz CT molecular complexity index is 633. The third-order valence-electron chi connectivity index (χ3n) is 2.34. The van der Waals surface area contributed by atoms with Crippen molar-refractivity contribution in [2.24, 2.45) is 0 Å². The minimum Gasteiger partial charge on any atom is -0.368 e. The quantitative estimate of drug-likeness (QED) is 0.866. The Labute approximate surface area is 109 Å². The number of rotatable bonds is 2. The van der Waals surface area contributed by atoms with Crippen molar-refractivity contribution in [2.75, 3.05) is 11.1 Å². The zero-order valence-electron chi connectivity index (χ0n) is 9.61.